The van der Waals surface area contributed by atoms with Gasteiger partial charge in [-0.25, -0.2) is 17.7 Å². The zero-order valence-electron chi connectivity index (χ0n) is 11.8. The lowest BCUT2D eigenvalue weighted by atomic mass is 10.4. The number of nitrogens with zero attached hydrogens (tertiary/aromatic N) is 3. The van der Waals surface area contributed by atoms with Crippen molar-refractivity contribution in [2.24, 2.45) is 0 Å². The van der Waals surface area contributed by atoms with Crippen molar-refractivity contribution >= 4 is 31.9 Å². The average molecular weight is 367 g/mol. The lowest BCUT2D eigenvalue weighted by molar-refractivity contribution is 0.394. The van der Waals surface area contributed by atoms with Gasteiger partial charge in [0.25, 0.3) is 0 Å². The van der Waals surface area contributed by atoms with Crippen molar-refractivity contribution in [1.29, 1.82) is 0 Å². The lowest BCUT2D eigenvalue weighted by Gasteiger charge is -2.17. The monoisotopic (exact) mass is 366 g/mol. The van der Waals surface area contributed by atoms with Gasteiger partial charge in [0.1, 0.15) is 0 Å². The van der Waals surface area contributed by atoms with Gasteiger partial charge in [-0.15, -0.1) is 0 Å². The summed E-state index contributed by atoms with van der Waals surface area (Å²) in [5.41, 5.74) is 0. The van der Waals surface area contributed by atoms with E-state index in [-0.39, 0.29) is 0 Å². The predicted molar refractivity (Wildman–Crippen MR) is 81.5 cm³/mol. The van der Waals surface area contributed by atoms with Gasteiger partial charge in [-0.05, 0) is 22.4 Å². The van der Waals surface area contributed by atoms with Crippen LogP contribution in [0.1, 0.15) is 13.3 Å². The topological polar surface area (TPSA) is 84.4 Å². The quantitative estimate of drug-likeness (QED) is 0.698. The first-order valence-corrected chi connectivity index (χ1v) is 8.78. The van der Waals surface area contributed by atoms with Crippen LogP contribution in [0.25, 0.3) is 0 Å². The molecule has 0 aliphatic carbocycles. The third kappa shape index (κ3) is 5.22. The minimum absolute atomic E-state index is 0.451. The highest BCUT2D eigenvalue weighted by Crippen LogP contribution is 2.21. The van der Waals surface area contributed by atoms with Crippen LogP contribution < -0.4 is 10.1 Å². The Morgan fingerprint density at radius 1 is 1.50 bits per heavy atom. The van der Waals surface area contributed by atoms with E-state index in [4.69, 9.17) is 4.74 Å². The molecule has 0 fully saturated rings. The Hall–Kier alpha value is -0.930. The fourth-order valence-corrected chi connectivity index (χ4v) is 2.88. The van der Waals surface area contributed by atoms with Crippen LogP contribution in [0, 0.1) is 0 Å². The number of hydrogen-bond donors (Lipinski definition) is 1. The Labute approximate surface area is 127 Å². The Morgan fingerprint density at radius 2 is 2.20 bits per heavy atom. The number of halogens is 1. The first kappa shape index (κ1) is 17.1. The Kier molecular flexibility index (Phi) is 6.63. The van der Waals surface area contributed by atoms with Gasteiger partial charge in [0.2, 0.25) is 21.9 Å². The molecule has 20 heavy (non-hydrogen) atoms. The van der Waals surface area contributed by atoms with Gasteiger partial charge in [0.05, 0.1) is 24.0 Å². The highest BCUT2D eigenvalue weighted by Gasteiger charge is 2.13. The third-order valence-electron chi connectivity index (χ3n) is 2.59. The van der Waals surface area contributed by atoms with Crippen molar-refractivity contribution in [3.05, 3.63) is 10.7 Å². The van der Waals surface area contributed by atoms with Gasteiger partial charge in [-0.3, -0.25) is 0 Å². The maximum atomic E-state index is 11.4. The van der Waals surface area contributed by atoms with E-state index >= 15 is 0 Å². The van der Waals surface area contributed by atoms with Crippen molar-refractivity contribution < 1.29 is 13.2 Å². The molecule has 1 aromatic heterocycles. The van der Waals surface area contributed by atoms with Gasteiger partial charge in [-0.2, -0.15) is 4.98 Å². The number of nitrogens with one attached hydrogen (secondary N) is 1. The smallest absolute Gasteiger partial charge is 0.232 e. The molecule has 0 unspecified atom stereocenters. The van der Waals surface area contributed by atoms with Crippen LogP contribution in [0.3, 0.4) is 0 Å². The number of methoxy groups -OCH3 is 1. The molecule has 0 saturated heterocycles. The van der Waals surface area contributed by atoms with Gasteiger partial charge < -0.3 is 10.1 Å². The first-order valence-electron chi connectivity index (χ1n) is 6.14. The molecule has 9 heteroatoms. The molecule has 0 aliphatic rings. The molecule has 114 valence electrons. The van der Waals surface area contributed by atoms with E-state index in [1.807, 2.05) is 6.92 Å². The maximum absolute atomic E-state index is 11.4. The highest BCUT2D eigenvalue weighted by molar-refractivity contribution is 9.10. The Morgan fingerprint density at radius 3 is 2.75 bits per heavy atom. The number of aromatic nitrogens is 2. The summed E-state index contributed by atoms with van der Waals surface area (Å²) in [6.07, 6.45) is 3.48. The second kappa shape index (κ2) is 7.75. The fourth-order valence-electron chi connectivity index (χ4n) is 1.59. The van der Waals surface area contributed by atoms with E-state index in [0.717, 1.165) is 0 Å². The van der Waals surface area contributed by atoms with Crippen molar-refractivity contribution in [2.45, 2.75) is 13.3 Å². The van der Waals surface area contributed by atoms with Crippen molar-refractivity contribution in [2.75, 3.05) is 38.3 Å². The van der Waals surface area contributed by atoms with E-state index in [9.17, 15) is 8.42 Å². The summed E-state index contributed by atoms with van der Waals surface area (Å²) < 4.78 is 30.0. The second-order valence-electron chi connectivity index (χ2n) is 4.09. The van der Waals surface area contributed by atoms with Crippen molar-refractivity contribution in [1.82, 2.24) is 14.3 Å². The molecule has 1 aromatic rings. The van der Waals surface area contributed by atoms with Crippen LogP contribution >= 0.6 is 15.9 Å². The molecule has 0 spiro atoms. The normalized spacial score (nSPS) is 11.7. The van der Waals surface area contributed by atoms with E-state index in [2.05, 4.69) is 31.2 Å². The summed E-state index contributed by atoms with van der Waals surface area (Å²) in [5, 5.41) is 3.03. The molecule has 0 saturated carbocycles. The zero-order valence-corrected chi connectivity index (χ0v) is 14.2. The maximum Gasteiger partial charge on any atom is 0.232 e. The zero-order chi connectivity index (χ0) is 15.2. The Bertz CT molecular complexity index is 538. The molecule has 0 bridgehead atoms. The summed E-state index contributed by atoms with van der Waals surface area (Å²) >= 11 is 3.27. The van der Waals surface area contributed by atoms with Gasteiger partial charge >= 0.3 is 0 Å². The molecule has 1 N–H and O–H groups in total. The SMILES string of the molecule is CCN(CCCNc1ncc(Br)c(OC)n1)S(C)(=O)=O. The number of sulfonamides is 1. The van der Waals surface area contributed by atoms with E-state index < -0.39 is 10.0 Å². The summed E-state index contributed by atoms with van der Waals surface area (Å²) in [6, 6.07) is 0. The molecule has 0 aromatic carbocycles. The highest BCUT2D eigenvalue weighted by atomic mass is 79.9. The minimum Gasteiger partial charge on any atom is -0.480 e. The minimum atomic E-state index is -3.13. The molecular weight excluding hydrogens is 348 g/mol. The number of rotatable bonds is 8. The third-order valence-corrected chi connectivity index (χ3v) is 4.52. The molecule has 0 radical (unpaired) electrons. The van der Waals surface area contributed by atoms with E-state index in [0.29, 0.717) is 42.4 Å². The predicted octanol–water partition coefficient (Wildman–Crippen LogP) is 1.33. The second-order valence-corrected chi connectivity index (χ2v) is 6.92. The standard InChI is InChI=1S/C11H19BrN4O3S/c1-4-16(20(3,17)18)7-5-6-13-11-14-8-9(12)10(15-11)19-2/h8H,4-7H2,1-3H3,(H,13,14,15). The van der Waals surface area contributed by atoms with Gasteiger partial charge in [0.15, 0.2) is 0 Å². The summed E-state index contributed by atoms with van der Waals surface area (Å²) in [4.78, 5) is 8.24. The number of ether oxygens (including phenoxy) is 1. The van der Waals surface area contributed by atoms with Crippen LogP contribution in [-0.4, -0.2) is 55.7 Å². The number of hydrogen-bond acceptors (Lipinski definition) is 6. The largest absolute Gasteiger partial charge is 0.480 e. The molecule has 0 amide bonds. The van der Waals surface area contributed by atoms with Gasteiger partial charge in [-0.1, -0.05) is 6.92 Å². The Balaban J connectivity index is 2.45. The van der Waals surface area contributed by atoms with E-state index in [1.54, 1.807) is 6.20 Å². The first-order chi connectivity index (χ1) is 9.38. The molecule has 7 nitrogen and oxygen atoms in total. The van der Waals surface area contributed by atoms with E-state index in [1.165, 1.54) is 17.7 Å². The molecule has 1 heterocycles. The average Bonchev–Trinajstić information content (AvgIpc) is 2.39. The van der Waals surface area contributed by atoms with Crippen LogP contribution in [0.15, 0.2) is 10.7 Å². The van der Waals surface area contributed by atoms with Crippen LogP contribution in [0.4, 0.5) is 5.95 Å². The van der Waals surface area contributed by atoms with Crippen molar-refractivity contribution in [3.63, 3.8) is 0 Å². The lowest BCUT2D eigenvalue weighted by Crippen LogP contribution is -2.31. The fraction of sp³-hybridized carbons (Fsp3) is 0.636. The molecular formula is C11H19BrN4O3S. The van der Waals surface area contributed by atoms with Crippen LogP contribution in [0.5, 0.6) is 5.88 Å². The van der Waals surface area contributed by atoms with Crippen molar-refractivity contribution in [3.8, 4) is 5.88 Å². The molecule has 0 aliphatic heterocycles. The summed E-state index contributed by atoms with van der Waals surface area (Å²) in [6.45, 7) is 3.34. The summed E-state index contributed by atoms with van der Waals surface area (Å²) in [5.74, 6) is 0.904. The van der Waals surface area contributed by atoms with Crippen LogP contribution in [0.2, 0.25) is 0 Å². The van der Waals surface area contributed by atoms with Gasteiger partial charge in [0, 0.05) is 19.6 Å². The number of anilines is 1. The molecule has 1 rings (SSSR count). The molecule has 0 atom stereocenters. The summed E-state index contributed by atoms with van der Waals surface area (Å²) in [7, 11) is -1.60. The van der Waals surface area contributed by atoms with Crippen LogP contribution in [-0.2, 0) is 10.0 Å².